The number of aromatic amines is 1. The lowest BCUT2D eigenvalue weighted by Gasteiger charge is -2.03. The lowest BCUT2D eigenvalue weighted by molar-refractivity contribution is 0.0950. The van der Waals surface area contributed by atoms with E-state index >= 15 is 0 Å². The molecule has 0 aliphatic rings. The van der Waals surface area contributed by atoms with Crippen molar-refractivity contribution in [2.24, 2.45) is 5.10 Å². The molecule has 126 valence electrons. The van der Waals surface area contributed by atoms with Crippen LogP contribution in [0.3, 0.4) is 0 Å². The Labute approximate surface area is 142 Å². The van der Waals surface area contributed by atoms with Gasteiger partial charge in [-0.25, -0.2) is 5.43 Å². The third-order valence-corrected chi connectivity index (χ3v) is 3.42. The summed E-state index contributed by atoms with van der Waals surface area (Å²) in [4.78, 5) is 12.0. The van der Waals surface area contributed by atoms with Crippen LogP contribution in [-0.2, 0) is 0 Å². The maximum atomic E-state index is 12.0. The number of rotatable bonds is 4. The molecule has 0 saturated heterocycles. The maximum Gasteiger partial charge on any atom is 0.289 e. The van der Waals surface area contributed by atoms with Crippen LogP contribution in [0.15, 0.2) is 53.6 Å². The summed E-state index contributed by atoms with van der Waals surface area (Å²) in [5.74, 6) is -2.17. The van der Waals surface area contributed by atoms with Gasteiger partial charge >= 0.3 is 0 Å². The normalized spacial score (nSPS) is 10.9. The molecule has 3 aromatic rings. The Kier molecular flexibility index (Phi) is 4.34. The molecule has 8 heteroatoms. The fourth-order valence-corrected chi connectivity index (χ4v) is 2.10. The van der Waals surface area contributed by atoms with E-state index in [1.165, 1.54) is 12.1 Å². The third-order valence-electron chi connectivity index (χ3n) is 3.42. The molecule has 0 aliphatic carbocycles. The summed E-state index contributed by atoms with van der Waals surface area (Å²) >= 11 is 0. The zero-order chi connectivity index (χ0) is 17.8. The standard InChI is InChI=1S/C17H14N4O4/c22-14-7-6-11(15(23)16(14)24)9-18-21-17(25)13-8-12(19-20-13)10-4-2-1-3-5-10/h1-9,22-24H,(H,19,20)(H,21,25). The van der Waals surface area contributed by atoms with Gasteiger partial charge in [-0.15, -0.1) is 0 Å². The number of nitrogens with zero attached hydrogens (tertiary/aromatic N) is 2. The van der Waals surface area contributed by atoms with E-state index in [2.05, 4.69) is 20.7 Å². The van der Waals surface area contributed by atoms with E-state index in [0.29, 0.717) is 5.69 Å². The molecule has 0 spiro atoms. The first-order valence-electron chi connectivity index (χ1n) is 7.24. The molecule has 0 radical (unpaired) electrons. The van der Waals surface area contributed by atoms with Crippen LogP contribution in [0, 0.1) is 0 Å². The van der Waals surface area contributed by atoms with E-state index in [1.807, 2.05) is 30.3 Å². The highest BCUT2D eigenvalue weighted by molar-refractivity contribution is 5.94. The summed E-state index contributed by atoms with van der Waals surface area (Å²) in [6.45, 7) is 0. The van der Waals surface area contributed by atoms with Crippen LogP contribution in [0.1, 0.15) is 16.1 Å². The van der Waals surface area contributed by atoms with Crippen LogP contribution in [0.5, 0.6) is 17.2 Å². The SMILES string of the molecule is O=C(NN=Cc1ccc(O)c(O)c1O)c1cc(-c2ccccc2)n[nH]1. The molecule has 0 saturated carbocycles. The molecular formula is C17H14N4O4. The van der Waals surface area contributed by atoms with Gasteiger partial charge in [0.25, 0.3) is 5.91 Å². The van der Waals surface area contributed by atoms with Crippen molar-refractivity contribution >= 4 is 12.1 Å². The number of hydrogen-bond acceptors (Lipinski definition) is 6. The van der Waals surface area contributed by atoms with E-state index < -0.39 is 23.2 Å². The molecule has 5 N–H and O–H groups in total. The van der Waals surface area contributed by atoms with Crippen LogP contribution >= 0.6 is 0 Å². The van der Waals surface area contributed by atoms with Crippen molar-refractivity contribution in [2.45, 2.75) is 0 Å². The molecule has 0 unspecified atom stereocenters. The zero-order valence-electron chi connectivity index (χ0n) is 12.8. The van der Waals surface area contributed by atoms with Gasteiger partial charge < -0.3 is 15.3 Å². The van der Waals surface area contributed by atoms with E-state index in [1.54, 1.807) is 6.07 Å². The average molecular weight is 338 g/mol. The summed E-state index contributed by atoms with van der Waals surface area (Å²) in [6.07, 6.45) is 1.14. The Morgan fingerprint density at radius 1 is 1.08 bits per heavy atom. The monoisotopic (exact) mass is 338 g/mol. The number of hydrazone groups is 1. The number of nitrogens with one attached hydrogen (secondary N) is 2. The maximum absolute atomic E-state index is 12.0. The summed E-state index contributed by atoms with van der Waals surface area (Å²) < 4.78 is 0. The molecule has 0 aliphatic heterocycles. The van der Waals surface area contributed by atoms with Gasteiger partial charge in [-0.3, -0.25) is 9.89 Å². The smallest absolute Gasteiger partial charge is 0.289 e. The van der Waals surface area contributed by atoms with E-state index in [0.717, 1.165) is 11.8 Å². The van der Waals surface area contributed by atoms with Crippen LogP contribution in [0.25, 0.3) is 11.3 Å². The molecule has 2 aromatic carbocycles. The summed E-state index contributed by atoms with van der Waals surface area (Å²) in [6, 6.07) is 13.5. The van der Waals surface area contributed by atoms with Crippen molar-refractivity contribution in [2.75, 3.05) is 0 Å². The fourth-order valence-electron chi connectivity index (χ4n) is 2.10. The predicted molar refractivity (Wildman–Crippen MR) is 90.5 cm³/mol. The Hall–Kier alpha value is -3.81. The molecule has 1 heterocycles. The number of benzene rings is 2. The summed E-state index contributed by atoms with van der Waals surface area (Å²) in [7, 11) is 0. The number of hydrogen-bond donors (Lipinski definition) is 5. The van der Waals surface area contributed by atoms with Gasteiger partial charge in [0.2, 0.25) is 5.75 Å². The number of amides is 1. The zero-order valence-corrected chi connectivity index (χ0v) is 12.8. The van der Waals surface area contributed by atoms with E-state index in [9.17, 15) is 20.1 Å². The lowest BCUT2D eigenvalue weighted by atomic mass is 10.1. The van der Waals surface area contributed by atoms with Gasteiger partial charge in [-0.1, -0.05) is 30.3 Å². The largest absolute Gasteiger partial charge is 0.504 e. The number of phenols is 3. The van der Waals surface area contributed by atoms with Crippen molar-refractivity contribution in [3.05, 3.63) is 59.8 Å². The molecule has 0 fully saturated rings. The summed E-state index contributed by atoms with van der Waals surface area (Å²) in [5.41, 5.74) is 4.11. The molecule has 1 amide bonds. The van der Waals surface area contributed by atoms with Crippen molar-refractivity contribution < 1.29 is 20.1 Å². The minimum Gasteiger partial charge on any atom is -0.504 e. The topological polar surface area (TPSA) is 131 Å². The highest BCUT2D eigenvalue weighted by Gasteiger charge is 2.11. The van der Waals surface area contributed by atoms with Gasteiger partial charge in [0.1, 0.15) is 5.69 Å². The van der Waals surface area contributed by atoms with Crippen LogP contribution in [0.2, 0.25) is 0 Å². The van der Waals surface area contributed by atoms with E-state index in [4.69, 9.17) is 0 Å². The predicted octanol–water partition coefficient (Wildman–Crippen LogP) is 1.96. The first kappa shape index (κ1) is 16.1. The number of carbonyl (C=O) groups excluding carboxylic acids is 1. The number of aromatic nitrogens is 2. The van der Waals surface area contributed by atoms with E-state index in [-0.39, 0.29) is 11.3 Å². The Morgan fingerprint density at radius 2 is 1.84 bits per heavy atom. The quantitative estimate of drug-likeness (QED) is 0.282. The molecular weight excluding hydrogens is 324 g/mol. The molecule has 25 heavy (non-hydrogen) atoms. The Morgan fingerprint density at radius 3 is 2.60 bits per heavy atom. The van der Waals surface area contributed by atoms with Gasteiger partial charge in [0.15, 0.2) is 11.5 Å². The first-order valence-corrected chi connectivity index (χ1v) is 7.24. The van der Waals surface area contributed by atoms with Crippen LogP contribution in [0.4, 0.5) is 0 Å². The van der Waals surface area contributed by atoms with Gasteiger partial charge in [0.05, 0.1) is 11.9 Å². The second kappa shape index (κ2) is 6.75. The second-order valence-corrected chi connectivity index (χ2v) is 5.10. The van der Waals surface area contributed by atoms with Gasteiger partial charge in [0, 0.05) is 11.1 Å². The highest BCUT2D eigenvalue weighted by Crippen LogP contribution is 2.36. The number of phenolic OH excluding ortho intramolecular Hbond substituents is 3. The summed E-state index contributed by atoms with van der Waals surface area (Å²) in [5, 5.41) is 38.7. The second-order valence-electron chi connectivity index (χ2n) is 5.10. The highest BCUT2D eigenvalue weighted by atomic mass is 16.3. The number of aromatic hydroxyl groups is 3. The minimum atomic E-state index is -0.656. The first-order chi connectivity index (χ1) is 12.1. The third kappa shape index (κ3) is 3.42. The molecule has 0 atom stereocenters. The number of carbonyl (C=O) groups is 1. The van der Waals surface area contributed by atoms with Crippen molar-refractivity contribution in [1.82, 2.24) is 15.6 Å². The van der Waals surface area contributed by atoms with Gasteiger partial charge in [-0.05, 0) is 18.2 Å². The van der Waals surface area contributed by atoms with Crippen LogP contribution in [-0.4, -0.2) is 37.6 Å². The van der Waals surface area contributed by atoms with Crippen molar-refractivity contribution in [3.63, 3.8) is 0 Å². The van der Waals surface area contributed by atoms with Crippen molar-refractivity contribution in [3.8, 4) is 28.5 Å². The van der Waals surface area contributed by atoms with Gasteiger partial charge in [-0.2, -0.15) is 10.2 Å². The average Bonchev–Trinajstić information content (AvgIpc) is 3.12. The minimum absolute atomic E-state index is 0.130. The Balaban J connectivity index is 1.69. The van der Waals surface area contributed by atoms with Crippen LogP contribution < -0.4 is 5.43 Å². The molecule has 8 nitrogen and oxygen atoms in total. The fraction of sp³-hybridized carbons (Fsp3) is 0. The molecule has 3 rings (SSSR count). The lowest BCUT2D eigenvalue weighted by Crippen LogP contribution is -2.18. The Bertz CT molecular complexity index is 935. The molecule has 0 bridgehead atoms. The van der Waals surface area contributed by atoms with Crippen molar-refractivity contribution in [1.29, 1.82) is 0 Å². The molecule has 1 aromatic heterocycles. The number of H-pyrrole nitrogens is 1.